The number of nitrogens with zero attached hydrogens (tertiary/aromatic N) is 1. The maximum Gasteiger partial charge on any atom is 0.0478 e. The maximum atomic E-state index is 6.22. The third-order valence-corrected chi connectivity index (χ3v) is 3.23. The van der Waals surface area contributed by atoms with E-state index >= 15 is 0 Å². The van der Waals surface area contributed by atoms with Gasteiger partial charge in [-0.3, -0.25) is 0 Å². The molecule has 1 heterocycles. The van der Waals surface area contributed by atoms with Crippen molar-refractivity contribution in [3.63, 3.8) is 0 Å². The predicted octanol–water partition coefficient (Wildman–Crippen LogP) is 2.64. The van der Waals surface area contributed by atoms with Crippen molar-refractivity contribution in [1.29, 1.82) is 0 Å². The van der Waals surface area contributed by atoms with Crippen LogP contribution >= 0.6 is 12.4 Å². The smallest absolute Gasteiger partial charge is 0.0478 e. The second kappa shape index (κ2) is 4.85. The number of hydrogen-bond donors (Lipinski definition) is 1. The normalized spacial score (nSPS) is 19.3. The number of aryl methyl sites for hydroxylation is 1. The number of halogens is 1. The third kappa shape index (κ3) is 2.12. The number of rotatable bonds is 2. The van der Waals surface area contributed by atoms with Gasteiger partial charge in [-0.2, -0.15) is 0 Å². The molecular weight excluding hydrogens is 196 g/mol. The highest BCUT2D eigenvalue weighted by Crippen LogP contribution is 2.33. The number of aromatic nitrogens is 1. The summed E-state index contributed by atoms with van der Waals surface area (Å²) in [5, 5.41) is 0. The zero-order valence-corrected chi connectivity index (χ0v) is 9.46. The van der Waals surface area contributed by atoms with Crippen molar-refractivity contribution in [2.75, 3.05) is 0 Å². The summed E-state index contributed by atoms with van der Waals surface area (Å²) in [4.78, 5) is 0. The van der Waals surface area contributed by atoms with Gasteiger partial charge in [0, 0.05) is 25.0 Å². The summed E-state index contributed by atoms with van der Waals surface area (Å²) < 4.78 is 2.14. The molecule has 0 spiro atoms. The molecule has 80 valence electrons. The van der Waals surface area contributed by atoms with Gasteiger partial charge in [-0.1, -0.05) is 12.8 Å². The zero-order chi connectivity index (χ0) is 9.26. The second-order valence-corrected chi connectivity index (χ2v) is 4.11. The Morgan fingerprint density at radius 1 is 1.43 bits per heavy atom. The second-order valence-electron chi connectivity index (χ2n) is 4.11. The monoisotopic (exact) mass is 214 g/mol. The summed E-state index contributed by atoms with van der Waals surface area (Å²) in [6.07, 6.45) is 7.43. The van der Waals surface area contributed by atoms with Crippen LogP contribution in [-0.4, -0.2) is 4.57 Å². The van der Waals surface area contributed by atoms with Crippen molar-refractivity contribution in [2.45, 2.75) is 31.7 Å². The Kier molecular flexibility index (Phi) is 4.02. The molecule has 2 N–H and O–H groups in total. The van der Waals surface area contributed by atoms with Crippen LogP contribution in [0.25, 0.3) is 0 Å². The first-order valence-electron chi connectivity index (χ1n) is 5.16. The van der Waals surface area contributed by atoms with E-state index in [-0.39, 0.29) is 18.4 Å². The highest BCUT2D eigenvalue weighted by Gasteiger charge is 2.24. The van der Waals surface area contributed by atoms with E-state index in [1.54, 1.807) is 0 Å². The first kappa shape index (κ1) is 11.6. The SMILES string of the molecule is Cl.Cn1cccc1[C@H](N)C1CCCC1. The first-order valence-corrected chi connectivity index (χ1v) is 5.16. The molecule has 0 aliphatic heterocycles. The Hall–Kier alpha value is -0.470. The Morgan fingerprint density at radius 2 is 2.07 bits per heavy atom. The Bertz CT molecular complexity index is 277. The van der Waals surface area contributed by atoms with Gasteiger partial charge in [-0.05, 0) is 30.9 Å². The molecule has 1 aliphatic carbocycles. The Morgan fingerprint density at radius 3 is 2.57 bits per heavy atom. The van der Waals surface area contributed by atoms with Gasteiger partial charge in [-0.15, -0.1) is 12.4 Å². The molecule has 0 unspecified atom stereocenters. The molecule has 2 rings (SSSR count). The molecule has 1 saturated carbocycles. The van der Waals surface area contributed by atoms with Crippen molar-refractivity contribution in [3.05, 3.63) is 24.0 Å². The van der Waals surface area contributed by atoms with Crippen molar-refractivity contribution in [2.24, 2.45) is 18.7 Å². The van der Waals surface area contributed by atoms with Gasteiger partial charge < -0.3 is 10.3 Å². The van der Waals surface area contributed by atoms with Gasteiger partial charge in [0.2, 0.25) is 0 Å². The maximum absolute atomic E-state index is 6.22. The van der Waals surface area contributed by atoms with Crippen molar-refractivity contribution in [1.82, 2.24) is 4.57 Å². The Labute approximate surface area is 91.9 Å². The Balaban J connectivity index is 0.000000980. The molecule has 0 radical (unpaired) electrons. The van der Waals surface area contributed by atoms with E-state index in [0.717, 1.165) is 0 Å². The van der Waals surface area contributed by atoms with Crippen LogP contribution in [0.1, 0.15) is 37.4 Å². The van der Waals surface area contributed by atoms with E-state index in [1.807, 2.05) is 0 Å². The predicted molar refractivity (Wildman–Crippen MR) is 61.5 cm³/mol. The topological polar surface area (TPSA) is 30.9 Å². The molecule has 1 aromatic heterocycles. The summed E-state index contributed by atoms with van der Waals surface area (Å²) in [7, 11) is 2.07. The molecule has 1 fully saturated rings. The van der Waals surface area contributed by atoms with Crippen molar-refractivity contribution >= 4 is 12.4 Å². The molecule has 0 saturated heterocycles. The van der Waals surface area contributed by atoms with Gasteiger partial charge in [0.25, 0.3) is 0 Å². The van der Waals surface area contributed by atoms with E-state index in [4.69, 9.17) is 5.73 Å². The van der Waals surface area contributed by atoms with E-state index in [9.17, 15) is 0 Å². The minimum atomic E-state index is 0. The van der Waals surface area contributed by atoms with Crippen LogP contribution in [0.5, 0.6) is 0 Å². The summed E-state index contributed by atoms with van der Waals surface area (Å²) in [6.45, 7) is 0. The average Bonchev–Trinajstić information content (AvgIpc) is 2.72. The standard InChI is InChI=1S/C11H18N2.ClH/c1-13-8-4-7-10(13)11(12)9-5-2-3-6-9;/h4,7-9,11H,2-3,5-6,12H2,1H3;1H/t11-;/m1./s1. The van der Waals surface area contributed by atoms with E-state index in [1.165, 1.54) is 31.4 Å². The fourth-order valence-corrected chi connectivity index (χ4v) is 2.38. The summed E-state index contributed by atoms with van der Waals surface area (Å²) >= 11 is 0. The molecule has 3 heteroatoms. The lowest BCUT2D eigenvalue weighted by Gasteiger charge is -2.19. The van der Waals surface area contributed by atoms with Crippen LogP contribution in [-0.2, 0) is 7.05 Å². The van der Waals surface area contributed by atoms with Gasteiger partial charge in [0.15, 0.2) is 0 Å². The average molecular weight is 215 g/mol. The van der Waals surface area contributed by atoms with E-state index < -0.39 is 0 Å². The van der Waals surface area contributed by atoms with Crippen LogP contribution in [0.15, 0.2) is 18.3 Å². The molecule has 0 amide bonds. The lowest BCUT2D eigenvalue weighted by atomic mass is 9.96. The van der Waals surface area contributed by atoms with Gasteiger partial charge in [0.1, 0.15) is 0 Å². The number of hydrogen-bond acceptors (Lipinski definition) is 1. The quantitative estimate of drug-likeness (QED) is 0.807. The zero-order valence-electron chi connectivity index (χ0n) is 8.65. The molecule has 2 nitrogen and oxygen atoms in total. The molecule has 1 aromatic rings. The van der Waals surface area contributed by atoms with Crippen molar-refractivity contribution < 1.29 is 0 Å². The summed E-state index contributed by atoms with van der Waals surface area (Å²) in [5.74, 6) is 0.716. The molecule has 1 aliphatic rings. The van der Waals surface area contributed by atoms with Crippen LogP contribution in [0.4, 0.5) is 0 Å². The van der Waals surface area contributed by atoms with Crippen LogP contribution in [0.3, 0.4) is 0 Å². The lowest BCUT2D eigenvalue weighted by molar-refractivity contribution is 0.428. The van der Waals surface area contributed by atoms with Gasteiger partial charge in [-0.25, -0.2) is 0 Å². The molecular formula is C11H19ClN2. The van der Waals surface area contributed by atoms with Crippen LogP contribution in [0, 0.1) is 5.92 Å². The summed E-state index contributed by atoms with van der Waals surface area (Å²) in [6, 6.07) is 4.47. The van der Waals surface area contributed by atoms with Gasteiger partial charge in [0.05, 0.1) is 0 Å². The minimum Gasteiger partial charge on any atom is -0.353 e. The van der Waals surface area contributed by atoms with Crippen LogP contribution < -0.4 is 5.73 Å². The summed E-state index contributed by atoms with van der Waals surface area (Å²) in [5.41, 5.74) is 7.51. The highest BCUT2D eigenvalue weighted by molar-refractivity contribution is 5.85. The highest BCUT2D eigenvalue weighted by atomic mass is 35.5. The molecule has 1 atom stereocenters. The van der Waals surface area contributed by atoms with Crippen LogP contribution in [0.2, 0.25) is 0 Å². The number of nitrogens with two attached hydrogens (primary N) is 1. The van der Waals surface area contributed by atoms with E-state index in [0.29, 0.717) is 5.92 Å². The fourth-order valence-electron chi connectivity index (χ4n) is 2.38. The van der Waals surface area contributed by atoms with E-state index in [2.05, 4.69) is 29.9 Å². The first-order chi connectivity index (χ1) is 6.29. The molecule has 0 aromatic carbocycles. The molecule has 14 heavy (non-hydrogen) atoms. The molecule has 0 bridgehead atoms. The lowest BCUT2D eigenvalue weighted by Crippen LogP contribution is -2.21. The largest absolute Gasteiger partial charge is 0.353 e. The third-order valence-electron chi connectivity index (χ3n) is 3.23. The minimum absolute atomic E-state index is 0. The van der Waals surface area contributed by atoms with Gasteiger partial charge >= 0.3 is 0 Å². The van der Waals surface area contributed by atoms with Crippen molar-refractivity contribution in [3.8, 4) is 0 Å². The fraction of sp³-hybridized carbons (Fsp3) is 0.636.